The first-order chi connectivity index (χ1) is 7.82. The van der Waals surface area contributed by atoms with Crippen LogP contribution in [-0.2, 0) is 18.9 Å². The van der Waals surface area contributed by atoms with E-state index < -0.39 is 11.6 Å². The van der Waals surface area contributed by atoms with E-state index in [0.29, 0.717) is 13.2 Å². The molecule has 3 aliphatic rings. The van der Waals surface area contributed by atoms with E-state index in [2.05, 4.69) is 5.32 Å². The summed E-state index contributed by atoms with van der Waals surface area (Å²) in [5, 5.41) is 3.45. The molecule has 0 radical (unpaired) electrons. The van der Waals surface area contributed by atoms with Crippen LogP contribution < -0.4 is 5.32 Å². The normalized spacial score (nSPS) is 41.6. The number of ether oxygens (including phenoxy) is 4. The molecule has 17 heavy (non-hydrogen) atoms. The molecular formula is C12H21NO4. The Morgan fingerprint density at radius 1 is 0.941 bits per heavy atom. The Balaban J connectivity index is 1.77. The molecule has 5 nitrogen and oxygen atoms in total. The lowest BCUT2D eigenvalue weighted by Crippen LogP contribution is -2.62. The summed E-state index contributed by atoms with van der Waals surface area (Å²) in [7, 11) is 0. The van der Waals surface area contributed by atoms with Crippen LogP contribution in [0.5, 0.6) is 0 Å². The summed E-state index contributed by atoms with van der Waals surface area (Å²) in [5.74, 6) is -1.00. The first-order valence-corrected chi connectivity index (χ1v) is 6.21. The molecule has 98 valence electrons. The minimum Gasteiger partial charge on any atom is -0.348 e. The Bertz CT molecular complexity index is 318. The van der Waals surface area contributed by atoms with Crippen LogP contribution in [0.3, 0.4) is 0 Å². The lowest BCUT2D eigenvalue weighted by atomic mass is 9.94. The Morgan fingerprint density at radius 2 is 1.59 bits per heavy atom. The van der Waals surface area contributed by atoms with Gasteiger partial charge in [-0.25, -0.2) is 0 Å². The number of rotatable bonds is 0. The third-order valence-corrected chi connectivity index (χ3v) is 3.74. The Labute approximate surface area is 102 Å². The third-order valence-electron chi connectivity index (χ3n) is 3.74. The molecule has 0 aliphatic carbocycles. The minimum atomic E-state index is -0.503. The van der Waals surface area contributed by atoms with E-state index in [4.69, 9.17) is 18.9 Å². The Morgan fingerprint density at radius 3 is 2.24 bits per heavy atom. The number of hydrogen-bond acceptors (Lipinski definition) is 5. The molecule has 0 unspecified atom stereocenters. The van der Waals surface area contributed by atoms with Gasteiger partial charge in [0.1, 0.15) is 12.2 Å². The zero-order valence-electron chi connectivity index (χ0n) is 10.9. The molecule has 2 atom stereocenters. The second-order valence-corrected chi connectivity index (χ2v) is 6.11. The van der Waals surface area contributed by atoms with Gasteiger partial charge in [0.25, 0.3) is 0 Å². The standard InChI is InChI=1S/C12H21NO4/c1-10(2)14-6-12(7-15-10)9-8(5-13-12)16-11(3,4)17-9/h8-9,13H,5-7H2,1-4H3/t8-,9-/m1/s1. The van der Waals surface area contributed by atoms with E-state index in [1.54, 1.807) is 0 Å². The van der Waals surface area contributed by atoms with Crippen LogP contribution in [-0.4, -0.2) is 49.1 Å². The van der Waals surface area contributed by atoms with Crippen molar-refractivity contribution in [2.24, 2.45) is 0 Å². The number of fused-ring (bicyclic) bond motifs is 2. The maximum Gasteiger partial charge on any atom is 0.163 e. The first-order valence-electron chi connectivity index (χ1n) is 6.21. The van der Waals surface area contributed by atoms with Crippen LogP contribution in [0.4, 0.5) is 0 Å². The maximum absolute atomic E-state index is 5.99. The molecule has 0 saturated carbocycles. The predicted octanol–water partition coefficient (Wildman–Crippen LogP) is 0.631. The van der Waals surface area contributed by atoms with Crippen LogP contribution in [0, 0.1) is 0 Å². The topological polar surface area (TPSA) is 49.0 Å². The van der Waals surface area contributed by atoms with Crippen molar-refractivity contribution < 1.29 is 18.9 Å². The molecule has 3 heterocycles. The quantitative estimate of drug-likeness (QED) is 0.676. The van der Waals surface area contributed by atoms with Crippen molar-refractivity contribution in [3.8, 4) is 0 Å². The Kier molecular flexibility index (Phi) is 2.39. The fourth-order valence-electron chi connectivity index (χ4n) is 2.81. The van der Waals surface area contributed by atoms with Gasteiger partial charge in [-0.3, -0.25) is 0 Å². The molecule has 0 aromatic rings. The molecule has 0 aromatic carbocycles. The molecule has 0 bridgehead atoms. The highest BCUT2D eigenvalue weighted by Gasteiger charge is 2.59. The van der Waals surface area contributed by atoms with Crippen molar-refractivity contribution in [3.63, 3.8) is 0 Å². The van der Waals surface area contributed by atoms with Crippen molar-refractivity contribution in [2.75, 3.05) is 19.8 Å². The molecule has 0 aromatic heterocycles. The van der Waals surface area contributed by atoms with Crippen LogP contribution >= 0.6 is 0 Å². The third kappa shape index (κ3) is 1.90. The summed E-state index contributed by atoms with van der Waals surface area (Å²) in [4.78, 5) is 0. The summed E-state index contributed by atoms with van der Waals surface area (Å²) in [6, 6.07) is 0. The average Bonchev–Trinajstić information content (AvgIpc) is 2.68. The van der Waals surface area contributed by atoms with Gasteiger partial charge in [0.2, 0.25) is 0 Å². The van der Waals surface area contributed by atoms with E-state index in [1.807, 2.05) is 27.7 Å². The fraction of sp³-hybridized carbons (Fsp3) is 1.00. The zero-order chi connectivity index (χ0) is 12.3. The summed E-state index contributed by atoms with van der Waals surface area (Å²) in [5.41, 5.74) is -0.256. The SMILES string of the molecule is CC1(C)OCC2(CO1)NC[C@H]1OC(C)(C)O[C@H]12. The van der Waals surface area contributed by atoms with Gasteiger partial charge < -0.3 is 24.3 Å². The van der Waals surface area contributed by atoms with Crippen molar-refractivity contribution >= 4 is 0 Å². The zero-order valence-corrected chi connectivity index (χ0v) is 10.9. The molecule has 3 saturated heterocycles. The number of nitrogens with one attached hydrogen (secondary N) is 1. The van der Waals surface area contributed by atoms with Gasteiger partial charge in [0, 0.05) is 6.54 Å². The van der Waals surface area contributed by atoms with Gasteiger partial charge in [-0.05, 0) is 27.7 Å². The lowest BCUT2D eigenvalue weighted by molar-refractivity contribution is -0.283. The highest BCUT2D eigenvalue weighted by molar-refractivity contribution is 5.10. The fourth-order valence-corrected chi connectivity index (χ4v) is 2.81. The maximum atomic E-state index is 5.99. The van der Waals surface area contributed by atoms with Crippen LogP contribution in [0.1, 0.15) is 27.7 Å². The molecule has 1 N–H and O–H groups in total. The molecule has 3 rings (SSSR count). The smallest absolute Gasteiger partial charge is 0.163 e. The predicted molar refractivity (Wildman–Crippen MR) is 60.5 cm³/mol. The minimum absolute atomic E-state index is 0.00796. The lowest BCUT2D eigenvalue weighted by Gasteiger charge is -2.43. The summed E-state index contributed by atoms with van der Waals surface area (Å²) >= 11 is 0. The molecule has 1 spiro atoms. The van der Waals surface area contributed by atoms with Gasteiger partial charge in [-0.15, -0.1) is 0 Å². The van der Waals surface area contributed by atoms with Crippen LogP contribution in [0.2, 0.25) is 0 Å². The highest BCUT2D eigenvalue weighted by Crippen LogP contribution is 2.40. The van der Waals surface area contributed by atoms with E-state index in [0.717, 1.165) is 6.54 Å². The van der Waals surface area contributed by atoms with Gasteiger partial charge in [-0.1, -0.05) is 0 Å². The highest BCUT2D eigenvalue weighted by atomic mass is 16.8. The van der Waals surface area contributed by atoms with Crippen molar-refractivity contribution in [1.82, 2.24) is 5.32 Å². The van der Waals surface area contributed by atoms with E-state index in [-0.39, 0.29) is 17.7 Å². The van der Waals surface area contributed by atoms with Crippen LogP contribution in [0.25, 0.3) is 0 Å². The van der Waals surface area contributed by atoms with E-state index in [1.165, 1.54) is 0 Å². The van der Waals surface area contributed by atoms with Crippen LogP contribution in [0.15, 0.2) is 0 Å². The van der Waals surface area contributed by atoms with Gasteiger partial charge in [-0.2, -0.15) is 0 Å². The monoisotopic (exact) mass is 243 g/mol. The second-order valence-electron chi connectivity index (χ2n) is 6.11. The van der Waals surface area contributed by atoms with Crippen molar-refractivity contribution in [2.45, 2.75) is 57.0 Å². The molecule has 3 aliphatic heterocycles. The largest absolute Gasteiger partial charge is 0.348 e. The molecular weight excluding hydrogens is 222 g/mol. The molecule has 3 fully saturated rings. The Hall–Kier alpha value is -0.200. The summed E-state index contributed by atoms with van der Waals surface area (Å²) < 4.78 is 23.4. The molecule has 5 heteroatoms. The van der Waals surface area contributed by atoms with Crippen molar-refractivity contribution in [3.05, 3.63) is 0 Å². The summed E-state index contributed by atoms with van der Waals surface area (Å²) in [6.07, 6.45) is 0.104. The average molecular weight is 243 g/mol. The second kappa shape index (κ2) is 3.42. The van der Waals surface area contributed by atoms with Crippen molar-refractivity contribution in [1.29, 1.82) is 0 Å². The van der Waals surface area contributed by atoms with Gasteiger partial charge in [0.15, 0.2) is 11.6 Å². The van der Waals surface area contributed by atoms with E-state index in [9.17, 15) is 0 Å². The van der Waals surface area contributed by atoms with Gasteiger partial charge in [0.05, 0.1) is 18.8 Å². The molecule has 0 amide bonds. The van der Waals surface area contributed by atoms with E-state index >= 15 is 0 Å². The first kappa shape index (κ1) is 11.9. The number of hydrogen-bond donors (Lipinski definition) is 1. The summed E-state index contributed by atoms with van der Waals surface area (Å²) in [6.45, 7) is 9.76. The van der Waals surface area contributed by atoms with Gasteiger partial charge >= 0.3 is 0 Å².